The van der Waals surface area contributed by atoms with Crippen LogP contribution in [0.1, 0.15) is 43.1 Å². The molecule has 5 rings (SSSR count). The molecule has 194 valence electrons. The summed E-state index contributed by atoms with van der Waals surface area (Å²) in [4.78, 5) is 29.2. The minimum Gasteiger partial charge on any atom is -0.497 e. The third-order valence-electron chi connectivity index (χ3n) is 8.15. The van der Waals surface area contributed by atoms with Gasteiger partial charge in [-0.1, -0.05) is 24.3 Å². The van der Waals surface area contributed by atoms with Gasteiger partial charge in [-0.05, 0) is 79.3 Å². The molecule has 1 N–H and O–H groups in total. The van der Waals surface area contributed by atoms with E-state index in [4.69, 9.17) is 13.9 Å². The molecule has 0 unspecified atom stereocenters. The van der Waals surface area contributed by atoms with Crippen LogP contribution in [0.4, 0.5) is 5.69 Å². The summed E-state index contributed by atoms with van der Waals surface area (Å²) in [6.45, 7) is 1.78. The number of hydrogen-bond acceptors (Lipinski definition) is 5. The molecule has 0 bridgehead atoms. The number of furan rings is 1. The van der Waals surface area contributed by atoms with Gasteiger partial charge in [0.05, 0.1) is 32.7 Å². The number of ether oxygens (including phenoxy) is 2. The van der Waals surface area contributed by atoms with E-state index in [1.54, 1.807) is 49.6 Å². The molecule has 0 aliphatic heterocycles. The lowest BCUT2D eigenvalue weighted by molar-refractivity contribution is -0.150. The van der Waals surface area contributed by atoms with E-state index in [-0.39, 0.29) is 18.4 Å². The fraction of sp³-hybridized carbons (Fsp3) is 0.400. The largest absolute Gasteiger partial charge is 0.497 e. The van der Waals surface area contributed by atoms with Crippen molar-refractivity contribution >= 4 is 17.5 Å². The Kier molecular flexibility index (Phi) is 6.96. The van der Waals surface area contributed by atoms with Crippen molar-refractivity contribution in [2.45, 2.75) is 51.1 Å². The van der Waals surface area contributed by atoms with E-state index in [1.807, 2.05) is 6.07 Å². The van der Waals surface area contributed by atoms with Crippen molar-refractivity contribution in [3.8, 4) is 11.5 Å². The summed E-state index contributed by atoms with van der Waals surface area (Å²) < 4.78 is 16.5. The average Bonchev–Trinajstić information content (AvgIpc) is 3.43. The van der Waals surface area contributed by atoms with Crippen molar-refractivity contribution in [3.63, 3.8) is 0 Å². The molecule has 37 heavy (non-hydrogen) atoms. The Morgan fingerprint density at radius 2 is 1.78 bits per heavy atom. The number of nitrogens with zero attached hydrogens (tertiary/aromatic N) is 1. The van der Waals surface area contributed by atoms with Crippen molar-refractivity contribution in [1.29, 1.82) is 0 Å². The first kappa shape index (κ1) is 24.9. The smallest absolute Gasteiger partial charge is 0.250 e. The molecule has 1 aromatic heterocycles. The summed E-state index contributed by atoms with van der Waals surface area (Å²) in [7, 11) is 3.14. The van der Waals surface area contributed by atoms with Gasteiger partial charge in [-0.15, -0.1) is 0 Å². The van der Waals surface area contributed by atoms with Crippen LogP contribution >= 0.6 is 0 Å². The van der Waals surface area contributed by atoms with Crippen molar-refractivity contribution < 1.29 is 23.5 Å². The molecule has 0 radical (unpaired) electrons. The van der Waals surface area contributed by atoms with Crippen molar-refractivity contribution in [1.82, 2.24) is 4.90 Å². The standard InChI is InChI=1S/C30H34N2O5/c1-20(33)32(19-26-9-6-14-37-26)30(29(34)31-27-11-10-25(35-2)17-28(27)36-3)13-12-23-15-21-7-4-5-8-22(21)16-24(23)18-30/h4-11,14,17,23-24H,12-13,15-16,18-19H2,1-3H3,(H,31,34)/t23-,24-,30+/m1/s1. The van der Waals surface area contributed by atoms with Gasteiger partial charge in [0.2, 0.25) is 11.8 Å². The predicted octanol–water partition coefficient (Wildman–Crippen LogP) is 5.24. The van der Waals surface area contributed by atoms with Crippen LogP contribution < -0.4 is 14.8 Å². The van der Waals surface area contributed by atoms with Crippen LogP contribution in [0.3, 0.4) is 0 Å². The van der Waals surface area contributed by atoms with Crippen LogP contribution in [-0.4, -0.2) is 36.5 Å². The van der Waals surface area contributed by atoms with E-state index in [9.17, 15) is 9.59 Å². The van der Waals surface area contributed by atoms with Crippen LogP contribution in [0.25, 0.3) is 0 Å². The molecule has 0 spiro atoms. The first-order valence-electron chi connectivity index (χ1n) is 12.8. The third kappa shape index (κ3) is 4.82. The second-order valence-electron chi connectivity index (χ2n) is 10.2. The lowest BCUT2D eigenvalue weighted by Gasteiger charge is -2.50. The number of methoxy groups -OCH3 is 2. The van der Waals surface area contributed by atoms with Crippen LogP contribution in [0.2, 0.25) is 0 Å². The molecule has 2 aromatic carbocycles. The molecule has 3 aromatic rings. The first-order valence-corrected chi connectivity index (χ1v) is 12.8. The quantitative estimate of drug-likeness (QED) is 0.478. The third-order valence-corrected chi connectivity index (χ3v) is 8.15. The normalized spacial score (nSPS) is 22.4. The minimum absolute atomic E-state index is 0.150. The summed E-state index contributed by atoms with van der Waals surface area (Å²) in [6, 6.07) is 17.5. The fourth-order valence-electron chi connectivity index (χ4n) is 6.23. The number of anilines is 1. The Morgan fingerprint density at radius 1 is 1.03 bits per heavy atom. The number of fused-ring (bicyclic) bond motifs is 2. The van der Waals surface area contributed by atoms with E-state index in [0.29, 0.717) is 47.6 Å². The van der Waals surface area contributed by atoms with Crippen LogP contribution in [-0.2, 0) is 29.0 Å². The summed E-state index contributed by atoms with van der Waals surface area (Å²) in [5.41, 5.74) is 2.28. The second-order valence-corrected chi connectivity index (χ2v) is 10.2. The zero-order valence-corrected chi connectivity index (χ0v) is 21.7. The number of carbonyl (C=O) groups excluding carboxylic acids is 2. The summed E-state index contributed by atoms with van der Waals surface area (Å²) in [5.74, 6) is 2.23. The van der Waals surface area contributed by atoms with Crippen molar-refractivity contribution in [2.75, 3.05) is 19.5 Å². The molecule has 7 heteroatoms. The van der Waals surface area contributed by atoms with Gasteiger partial charge in [0, 0.05) is 13.0 Å². The van der Waals surface area contributed by atoms with Gasteiger partial charge < -0.3 is 24.1 Å². The molecule has 2 aliphatic rings. The molecule has 1 heterocycles. The predicted molar refractivity (Wildman–Crippen MR) is 141 cm³/mol. The van der Waals surface area contributed by atoms with E-state index in [0.717, 1.165) is 19.3 Å². The molecule has 1 saturated carbocycles. The Morgan fingerprint density at radius 3 is 2.43 bits per heavy atom. The highest BCUT2D eigenvalue weighted by Crippen LogP contribution is 2.47. The lowest BCUT2D eigenvalue weighted by Crippen LogP contribution is -2.61. The highest BCUT2D eigenvalue weighted by molar-refractivity contribution is 6.01. The van der Waals surface area contributed by atoms with Gasteiger partial charge >= 0.3 is 0 Å². The summed E-state index contributed by atoms with van der Waals surface area (Å²) in [6.07, 6.45) is 5.57. The van der Waals surface area contributed by atoms with E-state index >= 15 is 0 Å². The molecule has 0 saturated heterocycles. The van der Waals surface area contributed by atoms with E-state index in [1.165, 1.54) is 18.1 Å². The number of benzene rings is 2. The van der Waals surface area contributed by atoms with Crippen LogP contribution in [0.5, 0.6) is 11.5 Å². The van der Waals surface area contributed by atoms with Crippen molar-refractivity contribution in [2.24, 2.45) is 11.8 Å². The Balaban J connectivity index is 1.51. The number of rotatable bonds is 7. The SMILES string of the molecule is COc1ccc(NC(=O)[C@]2(N(Cc3ccco3)C(C)=O)CC[C@@H]3Cc4ccccc4C[C@@H]3C2)c(OC)c1. The Hall–Kier alpha value is -3.74. The lowest BCUT2D eigenvalue weighted by atomic mass is 9.62. The zero-order valence-electron chi connectivity index (χ0n) is 21.7. The minimum atomic E-state index is -1.02. The number of nitrogens with one attached hydrogen (secondary N) is 1. The maximum atomic E-state index is 14.3. The number of hydrogen-bond donors (Lipinski definition) is 1. The first-order chi connectivity index (χ1) is 17.9. The molecule has 7 nitrogen and oxygen atoms in total. The van der Waals surface area contributed by atoms with E-state index in [2.05, 4.69) is 29.6 Å². The second kappa shape index (κ2) is 10.3. The Bertz CT molecular complexity index is 1270. The van der Waals surface area contributed by atoms with Gasteiger partial charge in [0.1, 0.15) is 22.8 Å². The topological polar surface area (TPSA) is 81.0 Å². The molecule has 1 fully saturated rings. The monoisotopic (exact) mass is 502 g/mol. The van der Waals surface area contributed by atoms with Gasteiger partial charge in [-0.2, -0.15) is 0 Å². The molecular weight excluding hydrogens is 468 g/mol. The number of carbonyl (C=O) groups is 2. The molecule has 2 amide bonds. The average molecular weight is 503 g/mol. The van der Waals surface area contributed by atoms with Gasteiger partial charge in [-0.25, -0.2) is 0 Å². The van der Waals surface area contributed by atoms with Crippen LogP contribution in [0, 0.1) is 11.8 Å². The maximum absolute atomic E-state index is 14.3. The van der Waals surface area contributed by atoms with Gasteiger partial charge in [0.15, 0.2) is 0 Å². The number of amides is 2. The Labute approximate surface area is 217 Å². The molecular formula is C30H34N2O5. The fourth-order valence-corrected chi connectivity index (χ4v) is 6.23. The highest BCUT2D eigenvalue weighted by atomic mass is 16.5. The maximum Gasteiger partial charge on any atom is 0.250 e. The molecule has 2 aliphatic carbocycles. The van der Waals surface area contributed by atoms with Crippen LogP contribution in [0.15, 0.2) is 65.3 Å². The summed E-state index contributed by atoms with van der Waals surface area (Å²) in [5, 5.41) is 3.11. The van der Waals surface area contributed by atoms with E-state index < -0.39 is 5.54 Å². The highest BCUT2D eigenvalue weighted by Gasteiger charge is 2.52. The summed E-state index contributed by atoms with van der Waals surface area (Å²) >= 11 is 0. The zero-order chi connectivity index (χ0) is 26.0. The molecule has 3 atom stereocenters. The van der Waals surface area contributed by atoms with Gasteiger partial charge in [0.25, 0.3) is 0 Å². The van der Waals surface area contributed by atoms with Crippen molar-refractivity contribution in [3.05, 3.63) is 77.7 Å². The van der Waals surface area contributed by atoms with Gasteiger partial charge in [-0.3, -0.25) is 9.59 Å².